The fourth-order valence-corrected chi connectivity index (χ4v) is 2.03. The first-order valence-corrected chi connectivity index (χ1v) is 7.04. The van der Waals surface area contributed by atoms with Gasteiger partial charge in [0.25, 0.3) is 5.91 Å². The number of carbonyl (C=O) groups is 2. The van der Waals surface area contributed by atoms with Gasteiger partial charge in [-0.15, -0.1) is 0 Å². The monoisotopic (exact) mass is 319 g/mol. The molecule has 7 heteroatoms. The normalized spacial score (nSPS) is 10.5. The molecule has 23 heavy (non-hydrogen) atoms. The predicted molar refractivity (Wildman–Crippen MR) is 82.7 cm³/mol. The average Bonchev–Trinajstić information content (AvgIpc) is 2.50. The van der Waals surface area contributed by atoms with Crippen LogP contribution in [-0.4, -0.2) is 30.1 Å². The van der Waals surface area contributed by atoms with Crippen LogP contribution in [-0.2, 0) is 9.59 Å². The molecule has 2 N–H and O–H groups in total. The van der Waals surface area contributed by atoms with Gasteiger partial charge in [-0.2, -0.15) is 0 Å². The highest BCUT2D eigenvalue weighted by atomic mass is 16.5. The number of carboxylic acid groups (broad SMARTS) is 1. The second-order valence-corrected chi connectivity index (χ2v) is 5.08. The molecule has 1 amide bonds. The molecule has 1 aromatic heterocycles. The van der Waals surface area contributed by atoms with E-state index in [1.165, 1.54) is 0 Å². The predicted octanol–water partition coefficient (Wildman–Crippen LogP) is 1.38. The van der Waals surface area contributed by atoms with Crippen LogP contribution in [0.15, 0.2) is 27.4 Å². The summed E-state index contributed by atoms with van der Waals surface area (Å²) in [5, 5.41) is 11.7. The SMILES string of the molecule is Cc1c(C)c2ccc(OCC(=O)NCCC(=O)O)cc2oc1=O. The van der Waals surface area contributed by atoms with Crippen molar-refractivity contribution >= 4 is 22.8 Å². The molecule has 0 saturated heterocycles. The van der Waals surface area contributed by atoms with Crippen LogP contribution < -0.4 is 15.7 Å². The van der Waals surface area contributed by atoms with Gasteiger partial charge in [0.05, 0.1) is 6.42 Å². The lowest BCUT2D eigenvalue weighted by molar-refractivity contribution is -0.137. The molecule has 1 aromatic carbocycles. The van der Waals surface area contributed by atoms with E-state index in [2.05, 4.69) is 5.32 Å². The van der Waals surface area contributed by atoms with E-state index in [1.54, 1.807) is 25.1 Å². The minimum atomic E-state index is -0.985. The van der Waals surface area contributed by atoms with Gasteiger partial charge in [0.2, 0.25) is 0 Å². The molecule has 0 aliphatic heterocycles. The van der Waals surface area contributed by atoms with Gasteiger partial charge in [-0.1, -0.05) is 0 Å². The molecular formula is C16H17NO6. The Balaban J connectivity index is 2.04. The molecule has 0 spiro atoms. The highest BCUT2D eigenvalue weighted by Crippen LogP contribution is 2.23. The number of aryl methyl sites for hydroxylation is 1. The summed E-state index contributed by atoms with van der Waals surface area (Å²) in [4.78, 5) is 33.5. The van der Waals surface area contributed by atoms with Gasteiger partial charge in [-0.3, -0.25) is 9.59 Å². The van der Waals surface area contributed by atoms with Gasteiger partial charge < -0.3 is 19.6 Å². The minimum absolute atomic E-state index is 0.0442. The number of fused-ring (bicyclic) bond motifs is 1. The Morgan fingerprint density at radius 1 is 1.26 bits per heavy atom. The van der Waals surface area contributed by atoms with Gasteiger partial charge >= 0.3 is 11.6 Å². The Hall–Kier alpha value is -2.83. The van der Waals surface area contributed by atoms with Gasteiger partial charge in [0.1, 0.15) is 11.3 Å². The number of hydrogen-bond acceptors (Lipinski definition) is 5. The van der Waals surface area contributed by atoms with Crippen LogP contribution in [0.3, 0.4) is 0 Å². The Kier molecular flexibility index (Phi) is 5.00. The quantitative estimate of drug-likeness (QED) is 0.779. The second kappa shape index (κ2) is 6.95. The van der Waals surface area contributed by atoms with Crippen LogP contribution >= 0.6 is 0 Å². The molecule has 0 aliphatic rings. The Morgan fingerprint density at radius 2 is 2.00 bits per heavy atom. The zero-order valence-corrected chi connectivity index (χ0v) is 12.8. The van der Waals surface area contributed by atoms with Crippen LogP contribution in [0.2, 0.25) is 0 Å². The summed E-state index contributed by atoms with van der Waals surface area (Å²) in [6.07, 6.45) is -0.147. The second-order valence-electron chi connectivity index (χ2n) is 5.08. The van der Waals surface area contributed by atoms with Crippen molar-refractivity contribution in [3.63, 3.8) is 0 Å². The van der Waals surface area contributed by atoms with Crippen molar-refractivity contribution in [1.82, 2.24) is 5.32 Å². The van der Waals surface area contributed by atoms with Crippen molar-refractivity contribution in [2.75, 3.05) is 13.2 Å². The first kappa shape index (κ1) is 16.5. The molecule has 0 aliphatic carbocycles. The Morgan fingerprint density at radius 3 is 2.70 bits per heavy atom. The highest BCUT2D eigenvalue weighted by molar-refractivity contribution is 5.82. The summed E-state index contributed by atoms with van der Waals surface area (Å²) in [7, 11) is 0. The molecule has 0 bridgehead atoms. The molecule has 2 rings (SSSR count). The molecule has 0 radical (unpaired) electrons. The first-order valence-electron chi connectivity index (χ1n) is 7.04. The van der Waals surface area contributed by atoms with Crippen LogP contribution in [0, 0.1) is 13.8 Å². The standard InChI is InChI=1S/C16H17NO6/c1-9-10(2)16(21)23-13-7-11(3-4-12(9)13)22-8-14(18)17-6-5-15(19)20/h3-4,7H,5-6,8H2,1-2H3,(H,17,18)(H,19,20). The average molecular weight is 319 g/mol. The third kappa shape index (κ3) is 4.09. The zero-order valence-electron chi connectivity index (χ0n) is 12.8. The number of carboxylic acids is 1. The van der Waals surface area contributed by atoms with Crippen molar-refractivity contribution in [2.24, 2.45) is 0 Å². The molecule has 0 unspecified atom stereocenters. The lowest BCUT2D eigenvalue weighted by atomic mass is 10.1. The number of rotatable bonds is 6. The molecule has 1 heterocycles. The maximum Gasteiger partial charge on any atom is 0.339 e. The van der Waals surface area contributed by atoms with Gasteiger partial charge in [0.15, 0.2) is 6.61 Å². The zero-order chi connectivity index (χ0) is 17.0. The lowest BCUT2D eigenvalue weighted by Gasteiger charge is -2.09. The highest BCUT2D eigenvalue weighted by Gasteiger charge is 2.09. The smallest absolute Gasteiger partial charge is 0.339 e. The van der Waals surface area contributed by atoms with Crippen molar-refractivity contribution < 1.29 is 23.8 Å². The fraction of sp³-hybridized carbons (Fsp3) is 0.312. The summed E-state index contributed by atoms with van der Waals surface area (Å²) in [6.45, 7) is 3.33. The topological polar surface area (TPSA) is 106 Å². The molecule has 2 aromatic rings. The lowest BCUT2D eigenvalue weighted by Crippen LogP contribution is -2.30. The van der Waals surface area contributed by atoms with Crippen LogP contribution in [0.25, 0.3) is 11.0 Å². The van der Waals surface area contributed by atoms with Crippen LogP contribution in [0.1, 0.15) is 17.5 Å². The van der Waals surface area contributed by atoms with Crippen molar-refractivity contribution in [1.29, 1.82) is 0 Å². The van der Waals surface area contributed by atoms with Gasteiger partial charge in [0, 0.05) is 23.6 Å². The number of ether oxygens (including phenoxy) is 1. The number of nitrogens with one attached hydrogen (secondary N) is 1. The number of hydrogen-bond donors (Lipinski definition) is 2. The summed E-state index contributed by atoms with van der Waals surface area (Å²) in [6, 6.07) is 4.99. The van der Waals surface area contributed by atoms with Crippen LogP contribution in [0.4, 0.5) is 0 Å². The van der Waals surface area contributed by atoms with E-state index in [0.717, 1.165) is 10.9 Å². The van der Waals surface area contributed by atoms with Crippen molar-refractivity contribution in [3.8, 4) is 5.75 Å². The summed E-state index contributed by atoms with van der Waals surface area (Å²) >= 11 is 0. The fourth-order valence-electron chi connectivity index (χ4n) is 2.03. The van der Waals surface area contributed by atoms with Crippen molar-refractivity contribution in [2.45, 2.75) is 20.3 Å². The number of aliphatic carboxylic acids is 1. The molecule has 122 valence electrons. The number of carbonyl (C=O) groups excluding carboxylic acids is 1. The summed E-state index contributed by atoms with van der Waals surface area (Å²) < 4.78 is 10.5. The van der Waals surface area contributed by atoms with E-state index in [4.69, 9.17) is 14.3 Å². The van der Waals surface area contributed by atoms with Crippen molar-refractivity contribution in [3.05, 3.63) is 39.7 Å². The van der Waals surface area contributed by atoms with E-state index in [-0.39, 0.29) is 19.6 Å². The molecule has 7 nitrogen and oxygen atoms in total. The van der Waals surface area contributed by atoms with E-state index < -0.39 is 17.5 Å². The Labute approximate surface area is 131 Å². The molecular weight excluding hydrogens is 302 g/mol. The van der Waals surface area contributed by atoms with E-state index in [0.29, 0.717) is 16.9 Å². The van der Waals surface area contributed by atoms with E-state index in [1.807, 2.05) is 6.92 Å². The third-order valence-electron chi connectivity index (χ3n) is 3.46. The summed E-state index contributed by atoms with van der Waals surface area (Å²) in [5.74, 6) is -1.02. The Bertz CT molecular complexity index is 808. The van der Waals surface area contributed by atoms with Gasteiger partial charge in [-0.05, 0) is 31.5 Å². The van der Waals surface area contributed by atoms with E-state index >= 15 is 0 Å². The molecule has 0 fully saturated rings. The third-order valence-corrected chi connectivity index (χ3v) is 3.46. The number of benzene rings is 1. The van der Waals surface area contributed by atoms with E-state index in [9.17, 15) is 14.4 Å². The minimum Gasteiger partial charge on any atom is -0.484 e. The van der Waals surface area contributed by atoms with Gasteiger partial charge in [-0.25, -0.2) is 4.79 Å². The maximum atomic E-state index is 11.7. The maximum absolute atomic E-state index is 11.7. The number of amides is 1. The molecule has 0 saturated carbocycles. The van der Waals surface area contributed by atoms with Crippen LogP contribution in [0.5, 0.6) is 5.75 Å². The first-order chi connectivity index (χ1) is 10.9. The summed E-state index contributed by atoms with van der Waals surface area (Å²) in [5.41, 5.74) is 1.39. The largest absolute Gasteiger partial charge is 0.484 e. The molecule has 0 atom stereocenters.